The third-order valence-electron chi connectivity index (χ3n) is 5.00. The third-order valence-corrected chi connectivity index (χ3v) is 5.00. The molecule has 3 aromatic carbocycles. The van der Waals surface area contributed by atoms with Crippen LogP contribution in [0.25, 0.3) is 0 Å². The molecule has 3 rings (SSSR count). The van der Waals surface area contributed by atoms with Crippen LogP contribution in [0, 0.1) is 0 Å². The van der Waals surface area contributed by atoms with Gasteiger partial charge in [-0.2, -0.15) is 0 Å². The number of nitrogens with zero attached hydrogens (tertiary/aromatic N) is 2. The first kappa shape index (κ1) is 27.2. The predicted molar refractivity (Wildman–Crippen MR) is 149 cm³/mol. The number of hydrogen-bond acceptors (Lipinski definition) is 3. The number of guanidine groups is 1. The number of carbonyl (C=O) groups excluding carboxylic acids is 1. The Kier molecular flexibility index (Phi) is 11.4. The van der Waals surface area contributed by atoms with Crippen molar-refractivity contribution in [3.8, 4) is 5.75 Å². The van der Waals surface area contributed by atoms with Gasteiger partial charge in [0.2, 0.25) is 0 Å². The molecule has 0 saturated heterocycles. The highest BCUT2D eigenvalue weighted by Crippen LogP contribution is 2.12. The molecule has 6 nitrogen and oxygen atoms in total. The zero-order valence-electron chi connectivity index (χ0n) is 20.0. The van der Waals surface area contributed by atoms with E-state index in [0.29, 0.717) is 25.3 Å². The Morgan fingerprint density at radius 2 is 1.47 bits per heavy atom. The van der Waals surface area contributed by atoms with Crippen molar-refractivity contribution in [1.29, 1.82) is 0 Å². The number of carbonyl (C=O) groups is 1. The number of benzene rings is 3. The van der Waals surface area contributed by atoms with Crippen LogP contribution >= 0.6 is 24.0 Å². The van der Waals surface area contributed by atoms with Gasteiger partial charge in [-0.1, -0.05) is 54.6 Å². The molecule has 0 aliphatic rings. The molecule has 34 heavy (non-hydrogen) atoms. The summed E-state index contributed by atoms with van der Waals surface area (Å²) in [4.78, 5) is 18.3. The zero-order valence-corrected chi connectivity index (χ0v) is 22.3. The van der Waals surface area contributed by atoms with E-state index in [1.165, 1.54) is 0 Å². The topological polar surface area (TPSA) is 66.0 Å². The molecular formula is C27H33IN4O2. The number of hydrogen-bond donors (Lipinski definition) is 2. The van der Waals surface area contributed by atoms with E-state index < -0.39 is 0 Å². The van der Waals surface area contributed by atoms with E-state index in [-0.39, 0.29) is 29.9 Å². The molecule has 7 heteroatoms. The van der Waals surface area contributed by atoms with Crippen molar-refractivity contribution in [1.82, 2.24) is 15.5 Å². The van der Waals surface area contributed by atoms with Crippen LogP contribution in [0.15, 0.2) is 83.9 Å². The Bertz CT molecular complexity index is 1040. The van der Waals surface area contributed by atoms with E-state index in [9.17, 15) is 4.79 Å². The summed E-state index contributed by atoms with van der Waals surface area (Å²) in [5.41, 5.74) is 4.01. The number of ether oxygens (including phenoxy) is 1. The van der Waals surface area contributed by atoms with Crippen LogP contribution < -0.4 is 15.4 Å². The lowest BCUT2D eigenvalue weighted by molar-refractivity contribution is 0.0827. The van der Waals surface area contributed by atoms with Crippen LogP contribution in [-0.4, -0.2) is 37.4 Å². The minimum absolute atomic E-state index is 0. The van der Waals surface area contributed by atoms with E-state index >= 15 is 0 Å². The van der Waals surface area contributed by atoms with Gasteiger partial charge in [-0.3, -0.25) is 4.79 Å². The number of rotatable bonds is 9. The number of halogens is 1. The molecule has 2 N–H and O–H groups in total. The van der Waals surface area contributed by atoms with Crippen molar-refractivity contribution in [2.75, 3.05) is 20.6 Å². The van der Waals surface area contributed by atoms with E-state index in [4.69, 9.17) is 4.74 Å². The van der Waals surface area contributed by atoms with Crippen molar-refractivity contribution in [3.63, 3.8) is 0 Å². The van der Waals surface area contributed by atoms with Crippen molar-refractivity contribution in [2.45, 2.75) is 26.6 Å². The maximum absolute atomic E-state index is 12.0. The Morgan fingerprint density at radius 1 is 0.853 bits per heavy atom. The molecule has 0 unspecified atom stereocenters. The summed E-state index contributed by atoms with van der Waals surface area (Å²) in [7, 11) is 3.50. The number of nitrogens with one attached hydrogen (secondary N) is 2. The maximum atomic E-state index is 12.0. The van der Waals surface area contributed by atoms with Gasteiger partial charge in [-0.25, -0.2) is 4.99 Å². The SMILES string of the molecule is CCNC(=NCc1ccc(C(=O)N(C)C)cc1)NCc1ccc(COc2ccccc2)cc1.I. The minimum atomic E-state index is -0.00213. The summed E-state index contributed by atoms with van der Waals surface area (Å²) < 4.78 is 5.80. The molecule has 0 heterocycles. The summed E-state index contributed by atoms with van der Waals surface area (Å²) in [6.07, 6.45) is 0. The molecule has 0 atom stereocenters. The van der Waals surface area contributed by atoms with Gasteiger partial charge >= 0.3 is 0 Å². The largest absolute Gasteiger partial charge is 0.489 e. The zero-order chi connectivity index (χ0) is 23.5. The fourth-order valence-electron chi connectivity index (χ4n) is 3.15. The van der Waals surface area contributed by atoms with E-state index in [2.05, 4.69) is 39.9 Å². The van der Waals surface area contributed by atoms with Crippen LogP contribution in [0.1, 0.15) is 34.0 Å². The van der Waals surface area contributed by atoms with E-state index in [0.717, 1.165) is 34.9 Å². The van der Waals surface area contributed by atoms with Crippen molar-refractivity contribution in [2.24, 2.45) is 4.99 Å². The number of amides is 1. The van der Waals surface area contributed by atoms with Crippen molar-refractivity contribution < 1.29 is 9.53 Å². The standard InChI is InChI=1S/C27H32N4O2.HI/c1-4-28-27(30-19-22-14-16-24(17-15-22)26(32)31(2)3)29-18-21-10-12-23(13-11-21)20-33-25-8-6-5-7-9-25;/h5-17H,4,18-20H2,1-3H3,(H2,28,29,30);1H. The summed E-state index contributed by atoms with van der Waals surface area (Å²) in [5, 5.41) is 6.65. The molecule has 180 valence electrons. The molecule has 0 aliphatic carbocycles. The Balaban J connectivity index is 0.00000408. The minimum Gasteiger partial charge on any atom is -0.489 e. The molecule has 0 spiro atoms. The number of para-hydroxylation sites is 1. The Labute approximate surface area is 219 Å². The summed E-state index contributed by atoms with van der Waals surface area (Å²) >= 11 is 0. The second kappa shape index (κ2) is 14.2. The van der Waals surface area contributed by atoms with Crippen LogP contribution in [0.5, 0.6) is 5.75 Å². The lowest BCUT2D eigenvalue weighted by Crippen LogP contribution is -2.36. The molecule has 0 aliphatic heterocycles. The maximum Gasteiger partial charge on any atom is 0.253 e. The van der Waals surface area contributed by atoms with Gasteiger partial charge < -0.3 is 20.3 Å². The predicted octanol–water partition coefficient (Wildman–Crippen LogP) is 4.84. The smallest absolute Gasteiger partial charge is 0.253 e. The summed E-state index contributed by atoms with van der Waals surface area (Å²) in [6, 6.07) is 25.8. The van der Waals surface area contributed by atoms with Gasteiger partial charge in [-0.05, 0) is 47.9 Å². The first-order valence-corrected chi connectivity index (χ1v) is 11.1. The molecule has 0 fully saturated rings. The van der Waals surface area contributed by atoms with Gasteiger partial charge in [0.15, 0.2) is 5.96 Å². The van der Waals surface area contributed by atoms with Gasteiger partial charge in [0, 0.05) is 32.7 Å². The van der Waals surface area contributed by atoms with Crippen molar-refractivity contribution in [3.05, 3.63) is 101 Å². The normalized spacial score (nSPS) is 10.7. The summed E-state index contributed by atoms with van der Waals surface area (Å²) in [6.45, 7) is 4.56. The molecule has 0 saturated carbocycles. The lowest BCUT2D eigenvalue weighted by atomic mass is 10.1. The number of aliphatic imine (C=N–C) groups is 1. The molecule has 0 bridgehead atoms. The van der Waals surface area contributed by atoms with Crippen LogP contribution in [0.2, 0.25) is 0 Å². The van der Waals surface area contributed by atoms with E-state index in [1.54, 1.807) is 19.0 Å². The monoisotopic (exact) mass is 572 g/mol. The fourth-order valence-corrected chi connectivity index (χ4v) is 3.15. The summed E-state index contributed by atoms with van der Waals surface area (Å²) in [5.74, 6) is 1.62. The van der Waals surface area contributed by atoms with E-state index in [1.807, 2.05) is 61.5 Å². The van der Waals surface area contributed by atoms with Crippen molar-refractivity contribution >= 4 is 35.8 Å². The third kappa shape index (κ3) is 8.70. The van der Waals surface area contributed by atoms with Gasteiger partial charge in [0.05, 0.1) is 6.54 Å². The molecule has 3 aromatic rings. The molecular weight excluding hydrogens is 539 g/mol. The van der Waals surface area contributed by atoms with Gasteiger partial charge in [0.1, 0.15) is 12.4 Å². The Hall–Kier alpha value is -3.07. The molecule has 1 amide bonds. The average molecular weight is 572 g/mol. The fraction of sp³-hybridized carbons (Fsp3) is 0.259. The lowest BCUT2D eigenvalue weighted by Gasteiger charge is -2.12. The van der Waals surface area contributed by atoms with Crippen LogP contribution in [-0.2, 0) is 19.7 Å². The highest BCUT2D eigenvalue weighted by molar-refractivity contribution is 14.0. The first-order valence-electron chi connectivity index (χ1n) is 11.1. The van der Waals surface area contributed by atoms with Crippen LogP contribution in [0.3, 0.4) is 0 Å². The highest BCUT2D eigenvalue weighted by Gasteiger charge is 2.07. The van der Waals surface area contributed by atoms with Gasteiger partial charge in [0.25, 0.3) is 5.91 Å². The second-order valence-corrected chi connectivity index (χ2v) is 7.86. The van der Waals surface area contributed by atoms with Crippen LogP contribution in [0.4, 0.5) is 0 Å². The molecule has 0 radical (unpaired) electrons. The second-order valence-electron chi connectivity index (χ2n) is 7.86. The Morgan fingerprint density at radius 3 is 2.09 bits per heavy atom. The molecule has 0 aromatic heterocycles. The highest BCUT2D eigenvalue weighted by atomic mass is 127. The quantitative estimate of drug-likeness (QED) is 0.219. The van der Waals surface area contributed by atoms with Gasteiger partial charge in [-0.15, -0.1) is 24.0 Å². The first-order chi connectivity index (χ1) is 16.0. The average Bonchev–Trinajstić information content (AvgIpc) is 2.85.